The molecule has 0 radical (unpaired) electrons. The van der Waals surface area contributed by atoms with E-state index in [1.54, 1.807) is 0 Å². The third kappa shape index (κ3) is 1.99. The van der Waals surface area contributed by atoms with E-state index in [1.807, 2.05) is 38.1 Å². The molecule has 0 saturated heterocycles. The Morgan fingerprint density at radius 2 is 2.12 bits per heavy atom. The maximum absolute atomic E-state index is 8.78. The molecule has 0 fully saturated rings. The molecule has 1 aromatic heterocycles. The van der Waals surface area contributed by atoms with Gasteiger partial charge < -0.3 is 9.84 Å². The molecule has 1 N–H and O–H groups in total. The van der Waals surface area contributed by atoms with Gasteiger partial charge in [0, 0.05) is 17.1 Å². The summed E-state index contributed by atoms with van der Waals surface area (Å²) in [4.78, 5) is 4.50. The lowest BCUT2D eigenvalue weighted by atomic mass is 10.1. The molecule has 2 aromatic rings. The summed E-state index contributed by atoms with van der Waals surface area (Å²) in [6.45, 7) is 4.31. The number of nitrogens with zero attached hydrogens (tertiary/aromatic N) is 1. The molecule has 0 amide bonds. The second kappa shape index (κ2) is 4.49. The molecule has 0 atom stereocenters. The van der Waals surface area contributed by atoms with Gasteiger partial charge in [0.15, 0.2) is 0 Å². The van der Waals surface area contributed by atoms with Crippen LogP contribution in [0.5, 0.6) is 5.75 Å². The van der Waals surface area contributed by atoms with E-state index in [-0.39, 0.29) is 6.61 Å². The van der Waals surface area contributed by atoms with Crippen molar-refractivity contribution in [1.82, 2.24) is 4.98 Å². The molecule has 1 aromatic carbocycles. The quantitative estimate of drug-likeness (QED) is 0.857. The molecule has 16 heavy (non-hydrogen) atoms. The van der Waals surface area contributed by atoms with Gasteiger partial charge in [-0.05, 0) is 25.5 Å². The zero-order valence-electron chi connectivity index (χ0n) is 9.53. The fourth-order valence-corrected chi connectivity index (χ4v) is 1.76. The first kappa shape index (κ1) is 10.9. The van der Waals surface area contributed by atoms with E-state index in [4.69, 9.17) is 9.84 Å². The van der Waals surface area contributed by atoms with Crippen LogP contribution >= 0.6 is 0 Å². The standard InChI is InChI=1S/C13H15NO2/c1-9-4-3-5-11-12(16-7-6-15)8-10(2)14-13(9)11/h3-5,8,15H,6-7H2,1-2H3. The van der Waals surface area contributed by atoms with Crippen LogP contribution in [-0.4, -0.2) is 23.3 Å². The highest BCUT2D eigenvalue weighted by Crippen LogP contribution is 2.27. The molecule has 0 saturated carbocycles. The summed E-state index contributed by atoms with van der Waals surface area (Å²) in [5, 5.41) is 9.78. The number of hydrogen-bond acceptors (Lipinski definition) is 3. The highest BCUT2D eigenvalue weighted by atomic mass is 16.5. The Labute approximate surface area is 94.7 Å². The van der Waals surface area contributed by atoms with E-state index in [1.165, 1.54) is 0 Å². The van der Waals surface area contributed by atoms with E-state index in [9.17, 15) is 0 Å². The molecular formula is C13H15NO2. The molecule has 0 aliphatic heterocycles. The number of rotatable bonds is 3. The average Bonchev–Trinajstić information content (AvgIpc) is 2.27. The van der Waals surface area contributed by atoms with Gasteiger partial charge in [0.25, 0.3) is 0 Å². The minimum absolute atomic E-state index is 0.0225. The fourth-order valence-electron chi connectivity index (χ4n) is 1.76. The first-order valence-electron chi connectivity index (χ1n) is 5.33. The van der Waals surface area contributed by atoms with Crippen LogP contribution in [0.25, 0.3) is 10.9 Å². The molecule has 0 bridgehead atoms. The summed E-state index contributed by atoms with van der Waals surface area (Å²) < 4.78 is 5.51. The fraction of sp³-hybridized carbons (Fsp3) is 0.308. The van der Waals surface area contributed by atoms with E-state index >= 15 is 0 Å². The van der Waals surface area contributed by atoms with Crippen LogP contribution in [0.4, 0.5) is 0 Å². The van der Waals surface area contributed by atoms with Gasteiger partial charge in [-0.2, -0.15) is 0 Å². The third-order valence-electron chi connectivity index (χ3n) is 2.48. The maximum atomic E-state index is 8.78. The Balaban J connectivity index is 2.59. The van der Waals surface area contributed by atoms with E-state index in [0.717, 1.165) is 27.9 Å². The summed E-state index contributed by atoms with van der Waals surface area (Å²) in [7, 11) is 0. The maximum Gasteiger partial charge on any atom is 0.130 e. The Bertz CT molecular complexity index is 509. The molecule has 0 spiro atoms. The predicted octanol–water partition coefficient (Wildman–Crippen LogP) is 2.22. The largest absolute Gasteiger partial charge is 0.490 e. The summed E-state index contributed by atoms with van der Waals surface area (Å²) in [6.07, 6.45) is 0. The number of aliphatic hydroxyl groups is 1. The second-order valence-electron chi connectivity index (χ2n) is 3.80. The van der Waals surface area contributed by atoms with Crippen LogP contribution in [0.2, 0.25) is 0 Å². The van der Waals surface area contributed by atoms with Crippen LogP contribution in [0, 0.1) is 13.8 Å². The van der Waals surface area contributed by atoms with Crippen molar-refractivity contribution in [2.45, 2.75) is 13.8 Å². The van der Waals surface area contributed by atoms with Gasteiger partial charge in [0.05, 0.1) is 12.1 Å². The zero-order valence-corrected chi connectivity index (χ0v) is 9.53. The molecule has 84 valence electrons. The lowest BCUT2D eigenvalue weighted by Crippen LogP contribution is -2.03. The number of para-hydroxylation sites is 1. The summed E-state index contributed by atoms with van der Waals surface area (Å²) >= 11 is 0. The molecule has 3 nitrogen and oxygen atoms in total. The lowest BCUT2D eigenvalue weighted by Gasteiger charge is -2.10. The number of pyridine rings is 1. The summed E-state index contributed by atoms with van der Waals surface area (Å²) in [6, 6.07) is 7.91. The molecule has 0 unspecified atom stereocenters. The van der Waals surface area contributed by atoms with Gasteiger partial charge in [-0.15, -0.1) is 0 Å². The van der Waals surface area contributed by atoms with Crippen molar-refractivity contribution in [2.75, 3.05) is 13.2 Å². The van der Waals surface area contributed by atoms with Crippen molar-refractivity contribution >= 4 is 10.9 Å². The van der Waals surface area contributed by atoms with Gasteiger partial charge in [-0.1, -0.05) is 12.1 Å². The van der Waals surface area contributed by atoms with E-state index in [2.05, 4.69) is 4.98 Å². The van der Waals surface area contributed by atoms with Crippen LogP contribution in [-0.2, 0) is 0 Å². The number of hydrogen-bond donors (Lipinski definition) is 1. The summed E-state index contributed by atoms with van der Waals surface area (Å²) in [5.74, 6) is 0.792. The van der Waals surface area contributed by atoms with Gasteiger partial charge >= 0.3 is 0 Å². The Hall–Kier alpha value is -1.61. The third-order valence-corrected chi connectivity index (χ3v) is 2.48. The molecule has 0 aliphatic rings. The predicted molar refractivity (Wildman–Crippen MR) is 63.8 cm³/mol. The SMILES string of the molecule is Cc1cc(OCCO)c2cccc(C)c2n1. The van der Waals surface area contributed by atoms with Gasteiger partial charge in [-0.3, -0.25) is 4.98 Å². The van der Waals surface area contributed by atoms with Crippen molar-refractivity contribution in [3.05, 3.63) is 35.5 Å². The van der Waals surface area contributed by atoms with Crippen LogP contribution in [0.1, 0.15) is 11.3 Å². The minimum Gasteiger partial charge on any atom is -0.490 e. The second-order valence-corrected chi connectivity index (χ2v) is 3.80. The number of fused-ring (bicyclic) bond motifs is 1. The zero-order chi connectivity index (χ0) is 11.5. The smallest absolute Gasteiger partial charge is 0.130 e. The molecule has 0 aliphatic carbocycles. The van der Waals surface area contributed by atoms with Crippen molar-refractivity contribution in [1.29, 1.82) is 0 Å². The molecular weight excluding hydrogens is 202 g/mol. The van der Waals surface area contributed by atoms with Crippen molar-refractivity contribution in [2.24, 2.45) is 0 Å². The summed E-state index contributed by atoms with van der Waals surface area (Å²) in [5.41, 5.74) is 3.03. The van der Waals surface area contributed by atoms with Crippen LogP contribution in [0.3, 0.4) is 0 Å². The van der Waals surface area contributed by atoms with E-state index in [0.29, 0.717) is 6.61 Å². The lowest BCUT2D eigenvalue weighted by molar-refractivity contribution is 0.202. The Morgan fingerprint density at radius 1 is 1.31 bits per heavy atom. The highest BCUT2D eigenvalue weighted by Gasteiger charge is 2.06. The van der Waals surface area contributed by atoms with Crippen molar-refractivity contribution < 1.29 is 9.84 Å². The van der Waals surface area contributed by atoms with Crippen molar-refractivity contribution in [3.8, 4) is 5.75 Å². The molecule has 1 heterocycles. The number of ether oxygens (including phenoxy) is 1. The minimum atomic E-state index is 0.0225. The Morgan fingerprint density at radius 3 is 2.88 bits per heavy atom. The normalized spacial score (nSPS) is 10.7. The average molecular weight is 217 g/mol. The molecule has 3 heteroatoms. The van der Waals surface area contributed by atoms with Crippen LogP contribution < -0.4 is 4.74 Å². The highest BCUT2D eigenvalue weighted by molar-refractivity contribution is 5.87. The number of aliphatic hydroxyl groups excluding tert-OH is 1. The van der Waals surface area contributed by atoms with Gasteiger partial charge in [0.1, 0.15) is 12.4 Å². The Kier molecular flexibility index (Phi) is 3.06. The van der Waals surface area contributed by atoms with Gasteiger partial charge in [0.2, 0.25) is 0 Å². The number of aromatic nitrogens is 1. The monoisotopic (exact) mass is 217 g/mol. The van der Waals surface area contributed by atoms with E-state index < -0.39 is 0 Å². The number of aryl methyl sites for hydroxylation is 2. The van der Waals surface area contributed by atoms with Crippen molar-refractivity contribution in [3.63, 3.8) is 0 Å². The number of benzene rings is 1. The topological polar surface area (TPSA) is 42.4 Å². The first-order chi connectivity index (χ1) is 7.72. The first-order valence-corrected chi connectivity index (χ1v) is 5.33. The van der Waals surface area contributed by atoms with Gasteiger partial charge in [-0.25, -0.2) is 0 Å². The van der Waals surface area contributed by atoms with Crippen LogP contribution in [0.15, 0.2) is 24.3 Å². The molecule has 2 rings (SSSR count).